The van der Waals surface area contributed by atoms with E-state index in [-0.39, 0.29) is 5.92 Å². The first-order valence-electron chi connectivity index (χ1n) is 11.1. The maximum atomic E-state index is 6.39. The average molecular weight is 433 g/mol. The Kier molecular flexibility index (Phi) is 7.33. The van der Waals surface area contributed by atoms with Crippen LogP contribution in [0.15, 0.2) is 59.6 Å². The molecule has 0 aliphatic rings. The Morgan fingerprint density at radius 3 is 2.00 bits per heavy atom. The molecule has 0 amide bonds. The first kappa shape index (κ1) is 23.2. The van der Waals surface area contributed by atoms with Crippen molar-refractivity contribution in [1.82, 2.24) is 4.98 Å². The monoisotopic (exact) mass is 432 g/mol. The van der Waals surface area contributed by atoms with Crippen molar-refractivity contribution in [3.63, 3.8) is 0 Å². The molecule has 31 heavy (non-hydrogen) atoms. The van der Waals surface area contributed by atoms with Crippen LogP contribution < -0.4 is 0 Å². The summed E-state index contributed by atoms with van der Waals surface area (Å²) in [5, 5.41) is 0.663. The summed E-state index contributed by atoms with van der Waals surface area (Å²) in [5.74, 6) is 1.13. The Balaban J connectivity index is 2.06. The summed E-state index contributed by atoms with van der Waals surface area (Å²) in [7, 11) is 0. The van der Waals surface area contributed by atoms with Gasteiger partial charge in [-0.05, 0) is 66.1 Å². The zero-order valence-corrected chi connectivity index (χ0v) is 20.5. The van der Waals surface area contributed by atoms with Crippen LogP contribution >= 0.6 is 11.6 Å². The van der Waals surface area contributed by atoms with Crippen molar-refractivity contribution in [1.29, 1.82) is 0 Å². The maximum Gasteiger partial charge on any atom is 0.0849 e. The van der Waals surface area contributed by atoms with Gasteiger partial charge >= 0.3 is 0 Å². The van der Waals surface area contributed by atoms with Gasteiger partial charge in [-0.3, -0.25) is 4.98 Å². The molecule has 0 spiro atoms. The SMILES string of the molecule is CC(=Nc1c(C)cccc1Cl)c1cccc(C(C)c2c(C(C)C)cccc2C(C)C)n1. The van der Waals surface area contributed by atoms with Gasteiger partial charge in [-0.1, -0.05) is 82.6 Å². The Hall–Kier alpha value is -2.45. The number of aliphatic imine (C=N–C) groups is 1. The van der Waals surface area contributed by atoms with E-state index in [0.717, 1.165) is 28.4 Å². The number of hydrogen-bond acceptors (Lipinski definition) is 2. The van der Waals surface area contributed by atoms with Crippen LogP contribution in [0.1, 0.15) is 92.9 Å². The number of para-hydroxylation sites is 1. The van der Waals surface area contributed by atoms with E-state index < -0.39 is 0 Å². The molecule has 0 saturated heterocycles. The third-order valence-corrected chi connectivity index (χ3v) is 6.21. The first-order valence-corrected chi connectivity index (χ1v) is 11.5. The van der Waals surface area contributed by atoms with E-state index in [1.807, 2.05) is 38.1 Å². The zero-order chi connectivity index (χ0) is 22.7. The molecule has 3 heteroatoms. The minimum absolute atomic E-state index is 0.200. The average Bonchev–Trinajstić information content (AvgIpc) is 2.75. The van der Waals surface area contributed by atoms with E-state index in [1.165, 1.54) is 16.7 Å². The Morgan fingerprint density at radius 1 is 0.839 bits per heavy atom. The second kappa shape index (κ2) is 9.78. The number of hydrogen-bond donors (Lipinski definition) is 0. The van der Waals surface area contributed by atoms with E-state index in [1.54, 1.807) is 0 Å². The second-order valence-corrected chi connectivity index (χ2v) is 9.34. The van der Waals surface area contributed by atoms with Gasteiger partial charge in [0.15, 0.2) is 0 Å². The van der Waals surface area contributed by atoms with Crippen molar-refractivity contribution in [2.45, 2.75) is 66.2 Å². The standard InChI is InChI=1S/C28H33ClN2/c1-17(2)22-12-9-13-23(18(3)4)27(22)20(6)25-15-10-16-26(31-25)21(7)30-28-19(5)11-8-14-24(28)29/h8-18,20H,1-7H3. The van der Waals surface area contributed by atoms with Gasteiger partial charge < -0.3 is 0 Å². The van der Waals surface area contributed by atoms with Crippen LogP contribution in [0.5, 0.6) is 0 Å². The number of pyridine rings is 1. The molecule has 0 radical (unpaired) electrons. The van der Waals surface area contributed by atoms with Crippen LogP contribution in [0.2, 0.25) is 5.02 Å². The summed E-state index contributed by atoms with van der Waals surface area (Å²) in [5.41, 5.74) is 8.92. The van der Waals surface area contributed by atoms with Crippen molar-refractivity contribution < 1.29 is 0 Å². The first-order chi connectivity index (χ1) is 14.7. The van der Waals surface area contributed by atoms with Crippen molar-refractivity contribution in [3.8, 4) is 0 Å². The summed E-state index contributed by atoms with van der Waals surface area (Å²) in [6.45, 7) is 15.4. The Bertz CT molecular complexity index is 1050. The van der Waals surface area contributed by atoms with Gasteiger partial charge in [-0.2, -0.15) is 0 Å². The molecule has 1 unspecified atom stereocenters. The van der Waals surface area contributed by atoms with Gasteiger partial charge in [0.05, 0.1) is 22.1 Å². The molecule has 0 saturated carbocycles. The van der Waals surface area contributed by atoms with E-state index in [0.29, 0.717) is 16.9 Å². The lowest BCUT2D eigenvalue weighted by Gasteiger charge is -2.24. The summed E-state index contributed by atoms with van der Waals surface area (Å²) >= 11 is 6.39. The van der Waals surface area contributed by atoms with Crippen LogP contribution in [0.25, 0.3) is 0 Å². The molecule has 3 rings (SSSR count). The molecule has 162 valence electrons. The molecule has 1 atom stereocenters. The molecular formula is C28H33ClN2. The maximum absolute atomic E-state index is 6.39. The fourth-order valence-electron chi connectivity index (χ4n) is 4.14. The largest absolute Gasteiger partial charge is 0.251 e. The lowest BCUT2D eigenvalue weighted by atomic mass is 9.81. The lowest BCUT2D eigenvalue weighted by molar-refractivity contribution is 0.755. The van der Waals surface area contributed by atoms with Gasteiger partial charge in [0.25, 0.3) is 0 Å². The summed E-state index contributed by atoms with van der Waals surface area (Å²) in [6.07, 6.45) is 0. The van der Waals surface area contributed by atoms with Gasteiger partial charge in [-0.15, -0.1) is 0 Å². The molecule has 0 fully saturated rings. The number of rotatable bonds is 6. The Labute approximate surface area is 192 Å². The molecule has 0 aliphatic heterocycles. The number of aromatic nitrogens is 1. The van der Waals surface area contributed by atoms with Crippen molar-refractivity contribution in [2.24, 2.45) is 4.99 Å². The van der Waals surface area contributed by atoms with Crippen LogP contribution in [-0.2, 0) is 0 Å². The highest BCUT2D eigenvalue weighted by molar-refractivity contribution is 6.33. The highest BCUT2D eigenvalue weighted by Crippen LogP contribution is 2.36. The van der Waals surface area contributed by atoms with E-state index >= 15 is 0 Å². The van der Waals surface area contributed by atoms with Gasteiger partial charge in [0.1, 0.15) is 0 Å². The van der Waals surface area contributed by atoms with E-state index in [9.17, 15) is 0 Å². The molecule has 0 N–H and O–H groups in total. The third kappa shape index (κ3) is 5.07. The molecule has 0 aliphatic carbocycles. The second-order valence-electron chi connectivity index (χ2n) is 8.93. The van der Waals surface area contributed by atoms with Crippen molar-refractivity contribution in [2.75, 3.05) is 0 Å². The zero-order valence-electron chi connectivity index (χ0n) is 19.7. The fourth-order valence-corrected chi connectivity index (χ4v) is 4.40. The molecule has 1 aromatic heterocycles. The summed E-state index contributed by atoms with van der Waals surface area (Å²) in [4.78, 5) is 9.85. The fraction of sp³-hybridized carbons (Fsp3) is 0.357. The van der Waals surface area contributed by atoms with Crippen LogP contribution in [0.4, 0.5) is 5.69 Å². The van der Waals surface area contributed by atoms with Gasteiger partial charge in [-0.25, -0.2) is 4.99 Å². The molecule has 0 bridgehead atoms. The minimum atomic E-state index is 0.200. The lowest BCUT2D eigenvalue weighted by Crippen LogP contribution is -2.11. The number of aryl methyl sites for hydroxylation is 1. The Morgan fingerprint density at radius 2 is 1.42 bits per heavy atom. The smallest absolute Gasteiger partial charge is 0.0849 e. The predicted molar refractivity (Wildman–Crippen MR) is 134 cm³/mol. The number of benzene rings is 2. The third-order valence-electron chi connectivity index (χ3n) is 5.90. The van der Waals surface area contributed by atoms with Crippen molar-refractivity contribution in [3.05, 3.63) is 93.3 Å². The minimum Gasteiger partial charge on any atom is -0.251 e. The van der Waals surface area contributed by atoms with E-state index in [4.69, 9.17) is 21.6 Å². The summed E-state index contributed by atoms with van der Waals surface area (Å²) in [6, 6.07) is 18.8. The van der Waals surface area contributed by atoms with E-state index in [2.05, 4.69) is 65.0 Å². The predicted octanol–water partition coefficient (Wildman–Crippen LogP) is 8.58. The van der Waals surface area contributed by atoms with Crippen LogP contribution in [-0.4, -0.2) is 10.7 Å². The molecule has 1 heterocycles. The highest BCUT2D eigenvalue weighted by Gasteiger charge is 2.21. The molecular weight excluding hydrogens is 400 g/mol. The topological polar surface area (TPSA) is 25.2 Å². The number of halogens is 1. The van der Waals surface area contributed by atoms with Gasteiger partial charge in [0.2, 0.25) is 0 Å². The van der Waals surface area contributed by atoms with Gasteiger partial charge in [0, 0.05) is 11.6 Å². The highest BCUT2D eigenvalue weighted by atomic mass is 35.5. The normalized spacial score (nSPS) is 13.2. The summed E-state index contributed by atoms with van der Waals surface area (Å²) < 4.78 is 0. The van der Waals surface area contributed by atoms with Crippen LogP contribution in [0, 0.1) is 6.92 Å². The quantitative estimate of drug-likeness (QED) is 0.358. The number of nitrogens with zero attached hydrogens (tertiary/aromatic N) is 2. The van der Waals surface area contributed by atoms with Crippen molar-refractivity contribution >= 4 is 23.0 Å². The molecule has 2 nitrogen and oxygen atoms in total. The molecule has 2 aromatic carbocycles. The molecule has 3 aromatic rings. The van der Waals surface area contributed by atoms with Crippen LogP contribution in [0.3, 0.4) is 0 Å².